The molecule has 0 saturated heterocycles. The molecule has 0 aliphatic rings. The van der Waals surface area contributed by atoms with E-state index in [1.54, 1.807) is 13.0 Å². The molecule has 78 valence electrons. The molecule has 0 amide bonds. The van der Waals surface area contributed by atoms with Crippen LogP contribution in [0.25, 0.3) is 0 Å². The van der Waals surface area contributed by atoms with Gasteiger partial charge in [0.1, 0.15) is 11.1 Å². The lowest BCUT2D eigenvalue weighted by atomic mass is 10.3. The maximum Gasteiger partial charge on any atom is 0.157 e. The molecule has 0 spiro atoms. The first-order valence-corrected chi connectivity index (χ1v) is 6.11. The van der Waals surface area contributed by atoms with Crippen LogP contribution in [-0.2, 0) is 16.4 Å². The average molecular weight is 215 g/mol. The van der Waals surface area contributed by atoms with E-state index in [2.05, 4.69) is 9.97 Å². The maximum atomic E-state index is 11.2. The molecule has 0 aliphatic carbocycles. The van der Waals surface area contributed by atoms with E-state index in [-0.39, 0.29) is 6.54 Å². The van der Waals surface area contributed by atoms with Crippen molar-refractivity contribution in [2.45, 2.75) is 18.7 Å². The summed E-state index contributed by atoms with van der Waals surface area (Å²) in [4.78, 5) is 7.95. The number of hydrogen-bond donors (Lipinski definition) is 1. The van der Waals surface area contributed by atoms with E-state index in [1.807, 2.05) is 0 Å². The maximum absolute atomic E-state index is 11.2. The van der Waals surface area contributed by atoms with Crippen molar-refractivity contribution in [3.8, 4) is 0 Å². The second kappa shape index (κ2) is 4.02. The number of sulfone groups is 1. The van der Waals surface area contributed by atoms with Crippen LogP contribution in [0.15, 0.2) is 12.3 Å². The Bertz CT molecular complexity index is 416. The van der Waals surface area contributed by atoms with Crippen LogP contribution in [0, 0.1) is 0 Å². The monoisotopic (exact) mass is 215 g/mol. The minimum atomic E-state index is -3.15. The topological polar surface area (TPSA) is 85.9 Å². The lowest BCUT2D eigenvalue weighted by molar-refractivity contribution is 0.588. The summed E-state index contributed by atoms with van der Waals surface area (Å²) in [6.45, 7) is 1.84. The highest BCUT2D eigenvalue weighted by Crippen LogP contribution is 2.16. The third kappa shape index (κ3) is 2.49. The molecule has 2 N–H and O–H groups in total. The molecule has 0 fully saturated rings. The molecule has 0 radical (unpaired) electrons. The molecule has 14 heavy (non-hydrogen) atoms. The third-order valence-corrected chi connectivity index (χ3v) is 3.44. The summed E-state index contributed by atoms with van der Waals surface area (Å²) < 4.78 is 22.4. The highest BCUT2D eigenvalue weighted by atomic mass is 32.2. The van der Waals surface area contributed by atoms with Gasteiger partial charge in [0.15, 0.2) is 9.84 Å². The fourth-order valence-electron chi connectivity index (χ4n) is 0.914. The van der Waals surface area contributed by atoms with Crippen LogP contribution >= 0.6 is 0 Å². The van der Waals surface area contributed by atoms with Crippen molar-refractivity contribution >= 4 is 9.84 Å². The van der Waals surface area contributed by atoms with Gasteiger partial charge in [0.2, 0.25) is 0 Å². The predicted molar refractivity (Wildman–Crippen MR) is 53.2 cm³/mol. The Morgan fingerprint density at radius 2 is 2.21 bits per heavy atom. The van der Waals surface area contributed by atoms with Crippen molar-refractivity contribution in [1.82, 2.24) is 9.97 Å². The van der Waals surface area contributed by atoms with Crippen LogP contribution in [0.5, 0.6) is 0 Å². The molecule has 1 atom stereocenters. The van der Waals surface area contributed by atoms with Crippen molar-refractivity contribution < 1.29 is 8.42 Å². The molecular weight excluding hydrogens is 202 g/mol. The second-order valence-electron chi connectivity index (χ2n) is 3.08. The van der Waals surface area contributed by atoms with Gasteiger partial charge in [0.05, 0.1) is 5.69 Å². The Morgan fingerprint density at radius 1 is 1.57 bits per heavy atom. The summed E-state index contributed by atoms with van der Waals surface area (Å²) in [6, 6.07) is 1.67. The van der Waals surface area contributed by atoms with Gasteiger partial charge in [-0.3, -0.25) is 0 Å². The minimum absolute atomic E-state index is 0.284. The second-order valence-corrected chi connectivity index (χ2v) is 5.45. The first-order valence-electron chi connectivity index (χ1n) is 4.16. The fraction of sp³-hybridized carbons (Fsp3) is 0.500. The average Bonchev–Trinajstić information content (AvgIpc) is 2.15. The summed E-state index contributed by atoms with van der Waals surface area (Å²) in [5, 5.41) is -0.686. The summed E-state index contributed by atoms with van der Waals surface area (Å²) in [5.74, 6) is 0.301. The normalized spacial score (nSPS) is 13.9. The molecule has 6 heteroatoms. The molecule has 0 bridgehead atoms. The molecule has 0 saturated carbocycles. The molecule has 0 aromatic carbocycles. The van der Waals surface area contributed by atoms with Crippen LogP contribution < -0.4 is 5.73 Å². The highest BCUT2D eigenvalue weighted by Gasteiger charge is 2.19. The summed E-state index contributed by atoms with van der Waals surface area (Å²) in [5.41, 5.74) is 6.03. The zero-order valence-electron chi connectivity index (χ0n) is 8.14. The number of hydrogen-bond acceptors (Lipinski definition) is 5. The van der Waals surface area contributed by atoms with Gasteiger partial charge in [-0.15, -0.1) is 0 Å². The van der Waals surface area contributed by atoms with E-state index in [9.17, 15) is 8.42 Å². The Hall–Kier alpha value is -1.01. The van der Waals surface area contributed by atoms with Crippen molar-refractivity contribution in [3.63, 3.8) is 0 Å². The molecule has 1 aromatic rings. The molecule has 1 aromatic heterocycles. The number of aromatic nitrogens is 2. The van der Waals surface area contributed by atoms with E-state index in [4.69, 9.17) is 5.73 Å². The van der Waals surface area contributed by atoms with Gasteiger partial charge < -0.3 is 5.73 Å². The lowest BCUT2D eigenvalue weighted by Gasteiger charge is -2.08. The molecule has 0 aliphatic heterocycles. The van der Waals surface area contributed by atoms with E-state index in [0.717, 1.165) is 6.26 Å². The fourth-order valence-corrected chi connectivity index (χ4v) is 1.41. The van der Waals surface area contributed by atoms with Crippen LogP contribution in [0.1, 0.15) is 23.7 Å². The van der Waals surface area contributed by atoms with E-state index >= 15 is 0 Å². The van der Waals surface area contributed by atoms with Crippen LogP contribution in [0.2, 0.25) is 0 Å². The zero-order valence-corrected chi connectivity index (χ0v) is 8.95. The van der Waals surface area contributed by atoms with Gasteiger partial charge in [0, 0.05) is 19.0 Å². The van der Waals surface area contributed by atoms with Crippen molar-refractivity contribution in [1.29, 1.82) is 0 Å². The largest absolute Gasteiger partial charge is 0.325 e. The molecule has 1 rings (SSSR count). The van der Waals surface area contributed by atoms with E-state index < -0.39 is 15.1 Å². The van der Waals surface area contributed by atoms with Crippen LogP contribution in [0.3, 0.4) is 0 Å². The van der Waals surface area contributed by atoms with Gasteiger partial charge in [-0.25, -0.2) is 18.4 Å². The SMILES string of the molecule is CC(c1nccc(CN)n1)S(C)(=O)=O. The Labute approximate surface area is 83.3 Å². The molecule has 1 unspecified atom stereocenters. The number of nitrogens with zero attached hydrogens (tertiary/aromatic N) is 2. The lowest BCUT2D eigenvalue weighted by Crippen LogP contribution is -2.13. The standard InChI is InChI=1S/C8H13N3O2S/c1-6(14(2,12)13)8-10-4-3-7(5-9)11-8/h3-4,6H,5,9H2,1-2H3. The summed E-state index contributed by atoms with van der Waals surface area (Å²) in [7, 11) is -3.15. The minimum Gasteiger partial charge on any atom is -0.325 e. The number of nitrogens with two attached hydrogens (primary N) is 1. The first-order chi connectivity index (χ1) is 6.45. The van der Waals surface area contributed by atoms with Crippen LogP contribution in [-0.4, -0.2) is 24.6 Å². The van der Waals surface area contributed by atoms with Gasteiger partial charge in [-0.05, 0) is 13.0 Å². The predicted octanol–water partition coefficient (Wildman–Crippen LogP) is 0.0409. The number of rotatable bonds is 3. The van der Waals surface area contributed by atoms with Gasteiger partial charge >= 0.3 is 0 Å². The first kappa shape index (κ1) is 11.1. The van der Waals surface area contributed by atoms with Crippen LogP contribution in [0.4, 0.5) is 0 Å². The van der Waals surface area contributed by atoms with Crippen molar-refractivity contribution in [3.05, 3.63) is 23.8 Å². The van der Waals surface area contributed by atoms with Crippen molar-refractivity contribution in [2.75, 3.05) is 6.26 Å². The Balaban J connectivity index is 3.08. The Morgan fingerprint density at radius 3 is 2.71 bits per heavy atom. The highest BCUT2D eigenvalue weighted by molar-refractivity contribution is 7.90. The van der Waals surface area contributed by atoms with Crippen molar-refractivity contribution in [2.24, 2.45) is 5.73 Å². The molecule has 1 heterocycles. The quantitative estimate of drug-likeness (QED) is 0.769. The van der Waals surface area contributed by atoms with Gasteiger partial charge in [-0.2, -0.15) is 0 Å². The molecular formula is C8H13N3O2S. The summed E-state index contributed by atoms with van der Waals surface area (Å²) in [6.07, 6.45) is 2.68. The smallest absolute Gasteiger partial charge is 0.157 e. The van der Waals surface area contributed by atoms with Gasteiger partial charge in [-0.1, -0.05) is 0 Å². The van der Waals surface area contributed by atoms with Gasteiger partial charge in [0.25, 0.3) is 0 Å². The molecule has 5 nitrogen and oxygen atoms in total. The third-order valence-electron chi connectivity index (χ3n) is 1.95. The summed E-state index contributed by atoms with van der Waals surface area (Å²) >= 11 is 0. The Kier molecular flexibility index (Phi) is 3.17. The van der Waals surface area contributed by atoms with E-state index in [0.29, 0.717) is 11.5 Å². The van der Waals surface area contributed by atoms with E-state index in [1.165, 1.54) is 6.20 Å². The zero-order chi connectivity index (χ0) is 10.8.